The molecule has 0 aliphatic carbocycles. The molecule has 1 aromatic heterocycles. The van der Waals surface area contributed by atoms with E-state index in [2.05, 4.69) is 10.3 Å². The number of ketones is 1. The molecule has 0 saturated heterocycles. The van der Waals surface area contributed by atoms with Gasteiger partial charge < -0.3 is 5.32 Å². The number of para-hydroxylation sites is 1. The number of aromatic nitrogens is 1. The average molecular weight is 274 g/mol. The zero-order valence-corrected chi connectivity index (χ0v) is 11.4. The van der Waals surface area contributed by atoms with Gasteiger partial charge in [-0.2, -0.15) is 0 Å². The number of carbonyl (C=O) groups is 1. The van der Waals surface area contributed by atoms with Crippen LogP contribution in [0.3, 0.4) is 0 Å². The largest absolute Gasteiger partial charge is 0.356 e. The summed E-state index contributed by atoms with van der Waals surface area (Å²) in [5, 5.41) is 3.29. The number of carbonyl (C=O) groups excluding carboxylic acids is 1. The van der Waals surface area contributed by atoms with Crippen LogP contribution < -0.4 is 5.32 Å². The third-order valence-corrected chi connectivity index (χ3v) is 3.13. The van der Waals surface area contributed by atoms with Crippen LogP contribution in [0.25, 0.3) is 0 Å². The van der Waals surface area contributed by atoms with E-state index in [1.165, 1.54) is 0 Å². The standard InChI is InChI=1S/C18H14N2O/c21-18(15-5-4-12-19-13-15)14-8-10-17(11-9-14)20-16-6-2-1-3-7-16/h1-13,20H. The Hall–Kier alpha value is -2.94. The lowest BCUT2D eigenvalue weighted by Crippen LogP contribution is -2.01. The van der Waals surface area contributed by atoms with Gasteiger partial charge in [0, 0.05) is 34.9 Å². The second kappa shape index (κ2) is 6.01. The first-order valence-corrected chi connectivity index (χ1v) is 6.70. The number of anilines is 2. The van der Waals surface area contributed by atoms with E-state index in [0.717, 1.165) is 11.4 Å². The van der Waals surface area contributed by atoms with Crippen molar-refractivity contribution in [2.24, 2.45) is 0 Å². The van der Waals surface area contributed by atoms with E-state index >= 15 is 0 Å². The number of nitrogens with zero attached hydrogens (tertiary/aromatic N) is 1. The summed E-state index contributed by atoms with van der Waals surface area (Å²) >= 11 is 0. The second-order valence-electron chi connectivity index (χ2n) is 4.64. The molecule has 3 rings (SSSR count). The predicted octanol–water partition coefficient (Wildman–Crippen LogP) is 4.06. The van der Waals surface area contributed by atoms with Crippen LogP contribution in [0.2, 0.25) is 0 Å². The summed E-state index contributed by atoms with van der Waals surface area (Å²) in [7, 11) is 0. The number of hydrogen-bond acceptors (Lipinski definition) is 3. The van der Waals surface area contributed by atoms with Gasteiger partial charge in [-0.1, -0.05) is 18.2 Å². The second-order valence-corrected chi connectivity index (χ2v) is 4.64. The fraction of sp³-hybridized carbons (Fsp3) is 0. The molecule has 3 aromatic rings. The highest BCUT2D eigenvalue weighted by atomic mass is 16.1. The number of rotatable bonds is 4. The SMILES string of the molecule is O=C(c1ccc(Nc2ccccc2)cc1)c1cccnc1. The molecule has 102 valence electrons. The molecule has 0 saturated carbocycles. The fourth-order valence-corrected chi connectivity index (χ4v) is 2.06. The smallest absolute Gasteiger partial charge is 0.194 e. The zero-order chi connectivity index (χ0) is 14.5. The van der Waals surface area contributed by atoms with Crippen LogP contribution in [0.5, 0.6) is 0 Å². The summed E-state index contributed by atoms with van der Waals surface area (Å²) in [6.45, 7) is 0. The van der Waals surface area contributed by atoms with Crippen LogP contribution in [0.15, 0.2) is 79.1 Å². The maximum atomic E-state index is 12.3. The number of pyridine rings is 1. The predicted molar refractivity (Wildman–Crippen MR) is 83.8 cm³/mol. The van der Waals surface area contributed by atoms with Crippen molar-refractivity contribution >= 4 is 17.2 Å². The third-order valence-electron chi connectivity index (χ3n) is 3.13. The topological polar surface area (TPSA) is 42.0 Å². The van der Waals surface area contributed by atoms with Gasteiger partial charge in [0.1, 0.15) is 0 Å². The molecule has 0 amide bonds. The van der Waals surface area contributed by atoms with Crippen molar-refractivity contribution < 1.29 is 4.79 Å². The molecule has 3 heteroatoms. The van der Waals surface area contributed by atoms with Crippen molar-refractivity contribution in [1.82, 2.24) is 4.98 Å². The molecule has 0 aliphatic rings. The molecule has 0 unspecified atom stereocenters. The highest BCUT2D eigenvalue weighted by Crippen LogP contribution is 2.18. The lowest BCUT2D eigenvalue weighted by Gasteiger charge is -2.07. The minimum atomic E-state index is -0.0191. The lowest BCUT2D eigenvalue weighted by molar-refractivity contribution is 0.103. The van der Waals surface area contributed by atoms with Gasteiger partial charge in [-0.05, 0) is 48.5 Å². The molecule has 0 spiro atoms. The van der Waals surface area contributed by atoms with Crippen LogP contribution in [-0.4, -0.2) is 10.8 Å². The van der Waals surface area contributed by atoms with Gasteiger partial charge in [-0.25, -0.2) is 0 Å². The van der Waals surface area contributed by atoms with E-state index in [0.29, 0.717) is 11.1 Å². The maximum Gasteiger partial charge on any atom is 0.194 e. The minimum Gasteiger partial charge on any atom is -0.356 e. The Bertz CT molecular complexity index is 722. The Balaban J connectivity index is 1.77. The van der Waals surface area contributed by atoms with Crippen molar-refractivity contribution in [2.45, 2.75) is 0 Å². The van der Waals surface area contributed by atoms with E-state index in [4.69, 9.17) is 0 Å². The van der Waals surface area contributed by atoms with E-state index in [-0.39, 0.29) is 5.78 Å². The Kier molecular flexibility index (Phi) is 3.74. The fourth-order valence-electron chi connectivity index (χ4n) is 2.06. The lowest BCUT2D eigenvalue weighted by atomic mass is 10.0. The quantitative estimate of drug-likeness (QED) is 0.730. The van der Waals surface area contributed by atoms with Crippen molar-refractivity contribution in [3.8, 4) is 0 Å². The summed E-state index contributed by atoms with van der Waals surface area (Å²) in [5.41, 5.74) is 3.22. The molecular weight excluding hydrogens is 260 g/mol. The Morgan fingerprint density at radius 3 is 2.14 bits per heavy atom. The van der Waals surface area contributed by atoms with Crippen molar-refractivity contribution in [2.75, 3.05) is 5.32 Å². The van der Waals surface area contributed by atoms with Crippen LogP contribution >= 0.6 is 0 Å². The van der Waals surface area contributed by atoms with Gasteiger partial charge in [-0.3, -0.25) is 9.78 Å². The molecule has 0 fully saturated rings. The normalized spacial score (nSPS) is 10.1. The molecular formula is C18H14N2O. The van der Waals surface area contributed by atoms with E-state index in [9.17, 15) is 4.79 Å². The van der Waals surface area contributed by atoms with E-state index in [1.54, 1.807) is 24.5 Å². The maximum absolute atomic E-state index is 12.3. The highest BCUT2D eigenvalue weighted by molar-refractivity contribution is 6.08. The summed E-state index contributed by atoms with van der Waals surface area (Å²) < 4.78 is 0. The molecule has 0 atom stereocenters. The van der Waals surface area contributed by atoms with E-state index in [1.807, 2.05) is 54.6 Å². The third kappa shape index (κ3) is 3.15. The molecule has 3 nitrogen and oxygen atoms in total. The van der Waals surface area contributed by atoms with Gasteiger partial charge in [0.05, 0.1) is 0 Å². The Morgan fingerprint density at radius 1 is 0.762 bits per heavy atom. The summed E-state index contributed by atoms with van der Waals surface area (Å²) in [4.78, 5) is 16.2. The molecule has 2 aromatic carbocycles. The van der Waals surface area contributed by atoms with E-state index < -0.39 is 0 Å². The highest BCUT2D eigenvalue weighted by Gasteiger charge is 2.08. The number of benzene rings is 2. The summed E-state index contributed by atoms with van der Waals surface area (Å²) in [6, 6.07) is 20.9. The molecule has 1 N–H and O–H groups in total. The van der Waals surface area contributed by atoms with Crippen LogP contribution in [-0.2, 0) is 0 Å². The van der Waals surface area contributed by atoms with Crippen molar-refractivity contribution in [1.29, 1.82) is 0 Å². The first kappa shape index (κ1) is 13.1. The van der Waals surface area contributed by atoms with Crippen LogP contribution in [0.1, 0.15) is 15.9 Å². The molecule has 0 aliphatic heterocycles. The van der Waals surface area contributed by atoms with Crippen LogP contribution in [0.4, 0.5) is 11.4 Å². The van der Waals surface area contributed by atoms with Gasteiger partial charge in [0.25, 0.3) is 0 Å². The van der Waals surface area contributed by atoms with Gasteiger partial charge in [-0.15, -0.1) is 0 Å². The molecule has 21 heavy (non-hydrogen) atoms. The first-order valence-electron chi connectivity index (χ1n) is 6.70. The first-order chi connectivity index (χ1) is 10.3. The van der Waals surface area contributed by atoms with Gasteiger partial charge >= 0.3 is 0 Å². The Morgan fingerprint density at radius 2 is 1.48 bits per heavy atom. The summed E-state index contributed by atoms with van der Waals surface area (Å²) in [5.74, 6) is -0.0191. The number of hydrogen-bond donors (Lipinski definition) is 1. The minimum absolute atomic E-state index is 0.0191. The Labute approximate surface area is 123 Å². The van der Waals surface area contributed by atoms with Gasteiger partial charge in [0.15, 0.2) is 5.78 Å². The van der Waals surface area contributed by atoms with Crippen molar-refractivity contribution in [3.05, 3.63) is 90.3 Å². The molecule has 1 heterocycles. The number of nitrogens with one attached hydrogen (secondary N) is 1. The van der Waals surface area contributed by atoms with Gasteiger partial charge in [0.2, 0.25) is 0 Å². The average Bonchev–Trinajstić information content (AvgIpc) is 2.57. The summed E-state index contributed by atoms with van der Waals surface area (Å²) in [6.07, 6.45) is 3.24. The monoisotopic (exact) mass is 274 g/mol. The molecule has 0 bridgehead atoms. The zero-order valence-electron chi connectivity index (χ0n) is 11.4. The molecule has 0 radical (unpaired) electrons. The van der Waals surface area contributed by atoms with Crippen molar-refractivity contribution in [3.63, 3.8) is 0 Å². The van der Waals surface area contributed by atoms with Crippen LogP contribution in [0, 0.1) is 0 Å².